The van der Waals surface area contributed by atoms with Crippen LogP contribution in [0.5, 0.6) is 0 Å². The maximum absolute atomic E-state index is 12.0. The van der Waals surface area contributed by atoms with Gasteiger partial charge in [0.2, 0.25) is 0 Å². The maximum atomic E-state index is 12.0. The van der Waals surface area contributed by atoms with Crippen molar-refractivity contribution in [1.82, 2.24) is 4.57 Å². The number of aryl methyl sites for hydroxylation is 1. The van der Waals surface area contributed by atoms with E-state index in [0.29, 0.717) is 0 Å². The molecule has 1 aromatic carbocycles. The number of pyridine rings is 1. The van der Waals surface area contributed by atoms with Crippen LogP contribution in [0.1, 0.15) is 0 Å². The van der Waals surface area contributed by atoms with Crippen molar-refractivity contribution >= 4 is 22.7 Å². The van der Waals surface area contributed by atoms with Crippen molar-refractivity contribution in [2.24, 2.45) is 7.05 Å². The van der Waals surface area contributed by atoms with E-state index in [1.165, 1.54) is 11.8 Å². The van der Waals surface area contributed by atoms with Crippen LogP contribution in [0.25, 0.3) is 10.9 Å². The second-order valence-electron chi connectivity index (χ2n) is 3.53. The molecule has 1 aromatic heterocycles. The molecule has 0 amide bonds. The number of aromatic nitrogens is 1. The van der Waals surface area contributed by atoms with Gasteiger partial charge in [-0.25, -0.2) is 0 Å². The molecule has 2 nitrogen and oxygen atoms in total. The second-order valence-corrected chi connectivity index (χ2v) is 4.59. The number of hydrogen-bond acceptors (Lipinski definition) is 2. The summed E-state index contributed by atoms with van der Waals surface area (Å²) in [5, 5.41) is 1.09. The van der Waals surface area contributed by atoms with Crippen LogP contribution in [0.15, 0.2) is 52.7 Å². The summed E-state index contributed by atoms with van der Waals surface area (Å²) in [5.41, 5.74) is 1.03. The number of para-hydroxylation sites is 1. The quantitative estimate of drug-likeness (QED) is 0.598. The van der Waals surface area contributed by atoms with Crippen LogP contribution in [-0.2, 0) is 7.05 Å². The Balaban J connectivity index is 2.64. The Hall–Kier alpha value is -1.48. The lowest BCUT2D eigenvalue weighted by Crippen LogP contribution is -2.18. The summed E-state index contributed by atoms with van der Waals surface area (Å²) in [4.78, 5) is 12.8. The lowest BCUT2D eigenvalue weighted by atomic mass is 10.2. The van der Waals surface area contributed by atoms with Crippen LogP contribution in [0.2, 0.25) is 0 Å². The molecule has 0 saturated heterocycles. The van der Waals surface area contributed by atoms with E-state index in [1.54, 1.807) is 10.6 Å². The molecule has 0 spiro atoms. The molecule has 3 heteroatoms. The number of hydrogen-bond donors (Lipinski definition) is 0. The Morgan fingerprint density at radius 2 is 2.19 bits per heavy atom. The Morgan fingerprint density at radius 1 is 1.44 bits per heavy atom. The summed E-state index contributed by atoms with van der Waals surface area (Å²) in [7, 11) is 1.81. The van der Waals surface area contributed by atoms with Gasteiger partial charge in [0.05, 0.1) is 10.4 Å². The zero-order chi connectivity index (χ0) is 11.5. The summed E-state index contributed by atoms with van der Waals surface area (Å²) in [5.74, 6) is 0.758. The van der Waals surface area contributed by atoms with Crippen LogP contribution in [0.4, 0.5) is 0 Å². The first-order valence-electron chi connectivity index (χ1n) is 5.06. The van der Waals surface area contributed by atoms with Gasteiger partial charge in [0.15, 0.2) is 0 Å². The van der Waals surface area contributed by atoms with Crippen molar-refractivity contribution in [2.75, 3.05) is 5.75 Å². The van der Waals surface area contributed by atoms with Gasteiger partial charge in [-0.1, -0.05) is 24.3 Å². The van der Waals surface area contributed by atoms with E-state index in [1.807, 2.05) is 37.4 Å². The van der Waals surface area contributed by atoms with Crippen LogP contribution in [0, 0.1) is 0 Å². The number of rotatable bonds is 3. The zero-order valence-electron chi connectivity index (χ0n) is 9.14. The molecule has 0 N–H and O–H groups in total. The molecule has 0 aliphatic carbocycles. The van der Waals surface area contributed by atoms with E-state index >= 15 is 0 Å². The average molecular weight is 231 g/mol. The highest BCUT2D eigenvalue weighted by molar-refractivity contribution is 7.99. The number of fused-ring (bicyclic) bond motifs is 1. The van der Waals surface area contributed by atoms with Crippen molar-refractivity contribution < 1.29 is 0 Å². The lowest BCUT2D eigenvalue weighted by molar-refractivity contribution is 0.876. The third kappa shape index (κ3) is 1.91. The molecule has 1 heterocycles. The molecule has 0 aliphatic rings. The second kappa shape index (κ2) is 4.58. The minimum absolute atomic E-state index is 0.0607. The Bertz CT molecular complexity index is 586. The fourth-order valence-corrected chi connectivity index (χ4v) is 2.41. The van der Waals surface area contributed by atoms with Crippen LogP contribution < -0.4 is 5.56 Å². The van der Waals surface area contributed by atoms with Gasteiger partial charge in [0.25, 0.3) is 5.56 Å². The largest absolute Gasteiger partial charge is 0.310 e. The van der Waals surface area contributed by atoms with Crippen molar-refractivity contribution in [3.8, 4) is 0 Å². The van der Waals surface area contributed by atoms with E-state index in [0.717, 1.165) is 21.6 Å². The smallest absolute Gasteiger partial charge is 0.264 e. The number of nitrogens with zero attached hydrogens (tertiary/aromatic N) is 1. The molecular weight excluding hydrogens is 218 g/mol. The van der Waals surface area contributed by atoms with Gasteiger partial charge in [0, 0.05) is 12.8 Å². The maximum Gasteiger partial charge on any atom is 0.264 e. The van der Waals surface area contributed by atoms with Crippen LogP contribution in [0.3, 0.4) is 0 Å². The molecular formula is C13H13NOS. The molecule has 0 atom stereocenters. The summed E-state index contributed by atoms with van der Waals surface area (Å²) in [6.45, 7) is 3.66. The standard InChI is InChI=1S/C13H13NOS/c1-3-8-16-12-9-10-6-4-5-7-11(10)14(2)13(12)15/h3-7,9H,1,8H2,2H3. The highest BCUT2D eigenvalue weighted by Gasteiger charge is 2.05. The van der Waals surface area contributed by atoms with Gasteiger partial charge < -0.3 is 4.57 Å². The molecule has 0 unspecified atom stereocenters. The van der Waals surface area contributed by atoms with Crippen molar-refractivity contribution in [3.05, 3.63) is 53.3 Å². The number of benzene rings is 1. The lowest BCUT2D eigenvalue weighted by Gasteiger charge is -2.07. The molecule has 2 rings (SSSR count). The molecule has 82 valence electrons. The van der Waals surface area contributed by atoms with Crippen LogP contribution >= 0.6 is 11.8 Å². The molecule has 0 bridgehead atoms. The molecule has 2 aromatic rings. The van der Waals surface area contributed by atoms with Crippen LogP contribution in [-0.4, -0.2) is 10.3 Å². The molecule has 0 aliphatic heterocycles. The van der Waals surface area contributed by atoms with Gasteiger partial charge in [-0.15, -0.1) is 18.3 Å². The van der Waals surface area contributed by atoms with E-state index in [4.69, 9.17) is 0 Å². The summed E-state index contributed by atoms with van der Waals surface area (Å²) < 4.78 is 1.70. The first kappa shape index (κ1) is 11.0. The normalized spacial score (nSPS) is 10.6. The molecule has 0 saturated carbocycles. The predicted molar refractivity (Wildman–Crippen MR) is 70.1 cm³/mol. The predicted octanol–water partition coefficient (Wildman–Crippen LogP) is 2.82. The van der Waals surface area contributed by atoms with Gasteiger partial charge in [-0.3, -0.25) is 4.79 Å². The first-order valence-corrected chi connectivity index (χ1v) is 6.05. The molecule has 16 heavy (non-hydrogen) atoms. The first-order chi connectivity index (χ1) is 7.74. The molecule has 0 fully saturated rings. The monoisotopic (exact) mass is 231 g/mol. The SMILES string of the molecule is C=CCSc1cc2ccccc2n(C)c1=O. The van der Waals surface area contributed by atoms with E-state index < -0.39 is 0 Å². The van der Waals surface area contributed by atoms with E-state index in [-0.39, 0.29) is 5.56 Å². The van der Waals surface area contributed by atoms with Gasteiger partial charge in [0.1, 0.15) is 0 Å². The Morgan fingerprint density at radius 3 is 2.94 bits per heavy atom. The van der Waals surface area contributed by atoms with E-state index in [2.05, 4.69) is 6.58 Å². The number of thioether (sulfide) groups is 1. The van der Waals surface area contributed by atoms with Crippen molar-refractivity contribution in [2.45, 2.75) is 4.90 Å². The summed E-state index contributed by atoms with van der Waals surface area (Å²) in [6, 6.07) is 9.85. The zero-order valence-corrected chi connectivity index (χ0v) is 9.96. The minimum Gasteiger partial charge on any atom is -0.310 e. The highest BCUT2D eigenvalue weighted by atomic mass is 32.2. The fraction of sp³-hybridized carbons (Fsp3) is 0.154. The van der Waals surface area contributed by atoms with Crippen molar-refractivity contribution in [1.29, 1.82) is 0 Å². The summed E-state index contributed by atoms with van der Waals surface area (Å²) in [6.07, 6.45) is 1.80. The van der Waals surface area contributed by atoms with Gasteiger partial charge in [-0.2, -0.15) is 0 Å². The highest BCUT2D eigenvalue weighted by Crippen LogP contribution is 2.19. The third-order valence-electron chi connectivity index (χ3n) is 2.46. The fourth-order valence-electron chi connectivity index (χ4n) is 1.64. The molecule has 0 radical (unpaired) electrons. The minimum atomic E-state index is 0.0607. The van der Waals surface area contributed by atoms with E-state index in [9.17, 15) is 4.79 Å². The third-order valence-corrected chi connectivity index (χ3v) is 3.46. The summed E-state index contributed by atoms with van der Waals surface area (Å²) >= 11 is 1.52. The average Bonchev–Trinajstić information content (AvgIpc) is 2.32. The van der Waals surface area contributed by atoms with Crippen molar-refractivity contribution in [3.63, 3.8) is 0 Å². The Kier molecular flexibility index (Phi) is 3.15. The van der Waals surface area contributed by atoms with Gasteiger partial charge >= 0.3 is 0 Å². The Labute approximate surface area is 98.6 Å². The topological polar surface area (TPSA) is 22.0 Å². The van der Waals surface area contributed by atoms with Gasteiger partial charge in [-0.05, 0) is 17.5 Å².